The Labute approximate surface area is 191 Å². The first-order valence-corrected chi connectivity index (χ1v) is 11.7. The SMILES string of the molecule is CCN1CCN(c2ccc(NC(=O)Cc3coc4cc(C)c(C(C)C)cc34)c(C)c2)CC1. The Kier molecular flexibility index (Phi) is 6.56. The third-order valence-electron chi connectivity index (χ3n) is 6.68. The lowest BCUT2D eigenvalue weighted by molar-refractivity contribution is -0.115. The number of fused-ring (bicyclic) bond motifs is 1. The van der Waals surface area contributed by atoms with Crippen molar-refractivity contribution in [1.82, 2.24) is 4.90 Å². The molecule has 0 spiro atoms. The van der Waals surface area contributed by atoms with Gasteiger partial charge in [0.15, 0.2) is 0 Å². The monoisotopic (exact) mass is 433 g/mol. The van der Waals surface area contributed by atoms with Crippen LogP contribution in [-0.4, -0.2) is 43.5 Å². The summed E-state index contributed by atoms with van der Waals surface area (Å²) in [5.41, 5.74) is 7.49. The number of anilines is 2. The van der Waals surface area contributed by atoms with E-state index in [2.05, 4.69) is 74.0 Å². The summed E-state index contributed by atoms with van der Waals surface area (Å²) in [6, 6.07) is 10.6. The van der Waals surface area contributed by atoms with Crippen LogP contribution >= 0.6 is 0 Å². The van der Waals surface area contributed by atoms with Gasteiger partial charge < -0.3 is 19.5 Å². The third-order valence-corrected chi connectivity index (χ3v) is 6.68. The van der Waals surface area contributed by atoms with Gasteiger partial charge in [0, 0.05) is 48.5 Å². The number of aryl methyl sites for hydroxylation is 2. The lowest BCUT2D eigenvalue weighted by atomic mass is 9.95. The van der Waals surface area contributed by atoms with Gasteiger partial charge in [-0.15, -0.1) is 0 Å². The van der Waals surface area contributed by atoms with Crippen molar-refractivity contribution in [2.45, 2.75) is 47.0 Å². The van der Waals surface area contributed by atoms with Gasteiger partial charge in [0.1, 0.15) is 5.58 Å². The van der Waals surface area contributed by atoms with E-state index >= 15 is 0 Å². The second-order valence-electron chi connectivity index (χ2n) is 9.27. The number of carbonyl (C=O) groups excluding carboxylic acids is 1. The van der Waals surface area contributed by atoms with E-state index in [4.69, 9.17) is 4.42 Å². The smallest absolute Gasteiger partial charge is 0.228 e. The molecule has 4 rings (SSSR count). The zero-order valence-corrected chi connectivity index (χ0v) is 20.0. The highest BCUT2D eigenvalue weighted by Crippen LogP contribution is 2.30. The summed E-state index contributed by atoms with van der Waals surface area (Å²) in [7, 11) is 0. The fourth-order valence-corrected chi connectivity index (χ4v) is 4.68. The number of amides is 1. The molecule has 1 fully saturated rings. The van der Waals surface area contributed by atoms with Crippen molar-refractivity contribution < 1.29 is 9.21 Å². The van der Waals surface area contributed by atoms with Gasteiger partial charge in [0.05, 0.1) is 12.7 Å². The normalized spacial score (nSPS) is 15.0. The van der Waals surface area contributed by atoms with Crippen LogP contribution in [0.5, 0.6) is 0 Å². The lowest BCUT2D eigenvalue weighted by Crippen LogP contribution is -2.46. The lowest BCUT2D eigenvalue weighted by Gasteiger charge is -2.35. The molecule has 1 amide bonds. The first kappa shape index (κ1) is 22.4. The van der Waals surface area contributed by atoms with Crippen molar-refractivity contribution in [2.75, 3.05) is 42.9 Å². The number of likely N-dealkylation sites (N-methyl/N-ethyl adjacent to an activating group) is 1. The van der Waals surface area contributed by atoms with Crippen molar-refractivity contribution in [1.29, 1.82) is 0 Å². The third kappa shape index (κ3) is 4.68. The fraction of sp³-hybridized carbons (Fsp3) is 0.444. The predicted molar refractivity (Wildman–Crippen MR) is 133 cm³/mol. The molecule has 5 heteroatoms. The Morgan fingerprint density at radius 3 is 2.47 bits per heavy atom. The summed E-state index contributed by atoms with van der Waals surface area (Å²) < 4.78 is 5.75. The molecule has 0 atom stereocenters. The largest absolute Gasteiger partial charge is 0.464 e. The number of nitrogens with zero attached hydrogens (tertiary/aromatic N) is 2. The number of nitrogens with one attached hydrogen (secondary N) is 1. The number of piperazine rings is 1. The van der Waals surface area contributed by atoms with Gasteiger partial charge in [-0.05, 0) is 73.3 Å². The molecule has 0 saturated carbocycles. The molecule has 0 unspecified atom stereocenters. The molecule has 0 aliphatic carbocycles. The molecule has 0 radical (unpaired) electrons. The minimum atomic E-state index is -0.0215. The topological polar surface area (TPSA) is 48.7 Å². The van der Waals surface area contributed by atoms with E-state index in [-0.39, 0.29) is 5.91 Å². The summed E-state index contributed by atoms with van der Waals surface area (Å²) >= 11 is 0. The molecule has 1 N–H and O–H groups in total. The quantitative estimate of drug-likeness (QED) is 0.558. The molecule has 32 heavy (non-hydrogen) atoms. The summed E-state index contributed by atoms with van der Waals surface area (Å²) in [6.45, 7) is 16.2. The number of rotatable bonds is 6. The first-order valence-electron chi connectivity index (χ1n) is 11.7. The number of benzene rings is 2. The van der Waals surface area contributed by atoms with E-state index in [1.807, 2.05) is 6.07 Å². The molecule has 3 aromatic rings. The number of hydrogen-bond donors (Lipinski definition) is 1. The van der Waals surface area contributed by atoms with Crippen LogP contribution in [0.15, 0.2) is 41.0 Å². The average Bonchev–Trinajstić information content (AvgIpc) is 3.15. The zero-order valence-electron chi connectivity index (χ0n) is 20.0. The van der Waals surface area contributed by atoms with Gasteiger partial charge in [0.2, 0.25) is 5.91 Å². The molecule has 170 valence electrons. The molecule has 2 heterocycles. The number of carbonyl (C=O) groups is 1. The van der Waals surface area contributed by atoms with E-state index in [9.17, 15) is 4.79 Å². The number of hydrogen-bond acceptors (Lipinski definition) is 4. The minimum absolute atomic E-state index is 0.0215. The van der Waals surface area contributed by atoms with E-state index in [0.717, 1.165) is 60.5 Å². The van der Waals surface area contributed by atoms with Crippen LogP contribution in [0.3, 0.4) is 0 Å². The van der Waals surface area contributed by atoms with Crippen LogP contribution in [0, 0.1) is 13.8 Å². The van der Waals surface area contributed by atoms with Gasteiger partial charge in [-0.3, -0.25) is 4.79 Å². The van der Waals surface area contributed by atoms with E-state index in [1.54, 1.807) is 6.26 Å². The Hall–Kier alpha value is -2.79. The highest BCUT2D eigenvalue weighted by Gasteiger charge is 2.18. The van der Waals surface area contributed by atoms with Crippen LogP contribution in [0.1, 0.15) is 48.9 Å². The van der Waals surface area contributed by atoms with Gasteiger partial charge in [-0.2, -0.15) is 0 Å². The molecule has 1 aliphatic heterocycles. The zero-order chi connectivity index (χ0) is 22.8. The van der Waals surface area contributed by atoms with Crippen molar-refractivity contribution in [3.8, 4) is 0 Å². The summed E-state index contributed by atoms with van der Waals surface area (Å²) in [5.74, 6) is 0.411. The van der Waals surface area contributed by atoms with Crippen LogP contribution < -0.4 is 10.2 Å². The van der Waals surface area contributed by atoms with Gasteiger partial charge in [-0.1, -0.05) is 20.8 Å². The van der Waals surface area contributed by atoms with Crippen molar-refractivity contribution in [2.24, 2.45) is 0 Å². The maximum absolute atomic E-state index is 12.8. The molecular weight excluding hydrogens is 398 g/mol. The maximum Gasteiger partial charge on any atom is 0.228 e. The molecule has 1 saturated heterocycles. The fourth-order valence-electron chi connectivity index (χ4n) is 4.68. The summed E-state index contributed by atoms with van der Waals surface area (Å²) in [5, 5.41) is 4.14. The first-order chi connectivity index (χ1) is 15.4. The Balaban J connectivity index is 1.45. The summed E-state index contributed by atoms with van der Waals surface area (Å²) in [6.07, 6.45) is 2.02. The van der Waals surface area contributed by atoms with Crippen molar-refractivity contribution in [3.05, 3.63) is 58.8 Å². The molecule has 0 bridgehead atoms. The molecule has 2 aromatic carbocycles. The molecular formula is C27H35N3O2. The van der Waals surface area contributed by atoms with E-state index < -0.39 is 0 Å². The molecule has 5 nitrogen and oxygen atoms in total. The molecule has 1 aromatic heterocycles. The van der Waals surface area contributed by atoms with Gasteiger partial charge in [0.25, 0.3) is 0 Å². The van der Waals surface area contributed by atoms with Crippen molar-refractivity contribution >= 4 is 28.3 Å². The Morgan fingerprint density at radius 2 is 1.81 bits per heavy atom. The predicted octanol–water partition coefficient (Wildman–Crippen LogP) is 5.50. The highest BCUT2D eigenvalue weighted by atomic mass is 16.3. The van der Waals surface area contributed by atoms with Crippen LogP contribution in [0.25, 0.3) is 11.0 Å². The second-order valence-corrected chi connectivity index (χ2v) is 9.27. The van der Waals surface area contributed by atoms with Crippen LogP contribution in [-0.2, 0) is 11.2 Å². The highest BCUT2D eigenvalue weighted by molar-refractivity contribution is 5.96. The van der Waals surface area contributed by atoms with E-state index in [1.165, 1.54) is 16.8 Å². The van der Waals surface area contributed by atoms with Gasteiger partial charge in [-0.25, -0.2) is 0 Å². The van der Waals surface area contributed by atoms with Crippen molar-refractivity contribution in [3.63, 3.8) is 0 Å². The van der Waals surface area contributed by atoms with Crippen LogP contribution in [0.2, 0.25) is 0 Å². The standard InChI is InChI=1S/C27H35N3O2/c1-6-29-9-11-30(12-10-29)22-7-8-25(20(5)13-22)28-27(31)15-21-17-32-26-14-19(4)23(18(2)3)16-24(21)26/h7-8,13-14,16-18H,6,9-12,15H2,1-5H3,(H,28,31). The van der Waals surface area contributed by atoms with Crippen LogP contribution in [0.4, 0.5) is 11.4 Å². The van der Waals surface area contributed by atoms with Gasteiger partial charge >= 0.3 is 0 Å². The van der Waals surface area contributed by atoms with E-state index in [0.29, 0.717) is 12.3 Å². The molecule has 1 aliphatic rings. The maximum atomic E-state index is 12.8. The average molecular weight is 434 g/mol. The number of furan rings is 1. The Morgan fingerprint density at radius 1 is 1.06 bits per heavy atom. The Bertz CT molecular complexity index is 1110. The minimum Gasteiger partial charge on any atom is -0.464 e. The second kappa shape index (κ2) is 9.37. The summed E-state index contributed by atoms with van der Waals surface area (Å²) in [4.78, 5) is 17.8.